The lowest BCUT2D eigenvalue weighted by atomic mass is 10.1. The Labute approximate surface area is 121 Å². The van der Waals surface area contributed by atoms with Gasteiger partial charge in [0.2, 0.25) is 0 Å². The molecule has 0 spiro atoms. The first-order valence-corrected chi connectivity index (χ1v) is 6.95. The second-order valence-electron chi connectivity index (χ2n) is 3.62. The smallest absolute Gasteiger partial charge is 0.326 e. The van der Waals surface area contributed by atoms with Crippen LogP contribution in [0, 0.1) is 0 Å². The van der Waals surface area contributed by atoms with Gasteiger partial charge in [0.25, 0.3) is 5.91 Å². The number of carboxylic acids is 1. The topological polar surface area (TPSA) is 92.7 Å². The minimum absolute atomic E-state index is 0.0148. The van der Waals surface area contributed by atoms with Crippen molar-refractivity contribution < 1.29 is 24.2 Å². The third-order valence-corrected chi connectivity index (χ3v) is 3.80. The number of thiophene rings is 1. The normalized spacial score (nSPS) is 11.7. The van der Waals surface area contributed by atoms with Crippen LogP contribution in [0.5, 0.6) is 0 Å². The lowest BCUT2D eigenvalue weighted by Gasteiger charge is -2.13. The lowest BCUT2D eigenvalue weighted by Crippen LogP contribution is -2.41. The Morgan fingerprint density at radius 1 is 1.53 bits per heavy atom. The van der Waals surface area contributed by atoms with Crippen molar-refractivity contribution in [3.05, 3.63) is 20.8 Å². The van der Waals surface area contributed by atoms with E-state index in [1.807, 2.05) is 0 Å². The molecule has 0 aliphatic rings. The van der Waals surface area contributed by atoms with Crippen molar-refractivity contribution in [1.82, 2.24) is 5.32 Å². The standard InChI is InChI=1S/C11H12BrNO5S/c1-18-9(14)3-2-7(11(16)17)13-10(15)6-4-8(12)19-5-6/h4-5,7H,2-3H2,1H3,(H,13,15)(H,16,17)/t7-/m0/s1. The fourth-order valence-corrected chi connectivity index (χ4v) is 2.43. The summed E-state index contributed by atoms with van der Waals surface area (Å²) in [7, 11) is 1.22. The highest BCUT2D eigenvalue weighted by Gasteiger charge is 2.22. The van der Waals surface area contributed by atoms with Gasteiger partial charge in [0.05, 0.1) is 16.5 Å². The van der Waals surface area contributed by atoms with Gasteiger partial charge >= 0.3 is 11.9 Å². The van der Waals surface area contributed by atoms with Crippen molar-refractivity contribution in [3.8, 4) is 0 Å². The molecule has 0 saturated heterocycles. The van der Waals surface area contributed by atoms with Crippen LogP contribution in [0.1, 0.15) is 23.2 Å². The molecule has 1 amide bonds. The van der Waals surface area contributed by atoms with Crippen LogP contribution in [0.25, 0.3) is 0 Å². The number of methoxy groups -OCH3 is 1. The number of nitrogens with one attached hydrogen (secondary N) is 1. The molecule has 2 N–H and O–H groups in total. The molecule has 104 valence electrons. The number of halogens is 1. The summed E-state index contributed by atoms with van der Waals surface area (Å²) >= 11 is 4.54. The Morgan fingerprint density at radius 3 is 2.68 bits per heavy atom. The van der Waals surface area contributed by atoms with E-state index >= 15 is 0 Å². The number of carboxylic acid groups (broad SMARTS) is 1. The largest absolute Gasteiger partial charge is 0.480 e. The summed E-state index contributed by atoms with van der Waals surface area (Å²) in [6.07, 6.45) is -0.0832. The molecule has 1 heterocycles. The number of esters is 1. The molecule has 19 heavy (non-hydrogen) atoms. The molecule has 0 aliphatic heterocycles. The fourth-order valence-electron chi connectivity index (χ4n) is 1.29. The van der Waals surface area contributed by atoms with Crippen molar-refractivity contribution >= 4 is 45.1 Å². The average molecular weight is 350 g/mol. The maximum Gasteiger partial charge on any atom is 0.326 e. The van der Waals surface area contributed by atoms with Crippen LogP contribution in [-0.4, -0.2) is 36.1 Å². The third-order valence-electron chi connectivity index (χ3n) is 2.30. The molecule has 1 atom stereocenters. The fraction of sp³-hybridized carbons (Fsp3) is 0.364. The van der Waals surface area contributed by atoms with E-state index in [2.05, 4.69) is 26.0 Å². The Hall–Kier alpha value is -1.41. The lowest BCUT2D eigenvalue weighted by molar-refractivity contribution is -0.142. The van der Waals surface area contributed by atoms with E-state index < -0.39 is 23.9 Å². The molecule has 0 bridgehead atoms. The van der Waals surface area contributed by atoms with Crippen LogP contribution < -0.4 is 5.32 Å². The molecule has 0 fully saturated rings. The van der Waals surface area contributed by atoms with E-state index in [-0.39, 0.29) is 12.8 Å². The molecule has 1 rings (SSSR count). The number of carbonyl (C=O) groups is 3. The zero-order valence-electron chi connectivity index (χ0n) is 10.0. The maximum atomic E-state index is 11.8. The summed E-state index contributed by atoms with van der Waals surface area (Å²) in [5.74, 6) is -2.19. The summed E-state index contributed by atoms with van der Waals surface area (Å²) in [6.45, 7) is 0. The van der Waals surface area contributed by atoms with Gasteiger partial charge in [0.15, 0.2) is 0 Å². The van der Waals surface area contributed by atoms with Crippen molar-refractivity contribution in [2.24, 2.45) is 0 Å². The zero-order chi connectivity index (χ0) is 14.4. The molecule has 1 aromatic heterocycles. The summed E-state index contributed by atoms with van der Waals surface area (Å²) in [5, 5.41) is 13.0. The summed E-state index contributed by atoms with van der Waals surface area (Å²) < 4.78 is 5.20. The minimum Gasteiger partial charge on any atom is -0.480 e. The Kier molecular flexibility index (Phi) is 5.97. The number of amides is 1. The number of rotatable bonds is 6. The molecule has 0 aromatic carbocycles. The summed E-state index contributed by atoms with van der Waals surface area (Å²) in [5.41, 5.74) is 0.376. The Morgan fingerprint density at radius 2 is 2.21 bits per heavy atom. The van der Waals surface area contributed by atoms with E-state index in [1.54, 1.807) is 11.4 Å². The molecule has 0 unspecified atom stereocenters. The van der Waals surface area contributed by atoms with Crippen LogP contribution in [0.2, 0.25) is 0 Å². The summed E-state index contributed by atoms with van der Waals surface area (Å²) in [4.78, 5) is 33.7. The molecule has 8 heteroatoms. The zero-order valence-corrected chi connectivity index (χ0v) is 12.4. The van der Waals surface area contributed by atoms with Crippen LogP contribution in [0.15, 0.2) is 15.2 Å². The second kappa shape index (κ2) is 7.25. The third kappa shape index (κ3) is 4.99. The molecule has 1 aromatic rings. The van der Waals surface area contributed by atoms with Crippen molar-refractivity contribution in [1.29, 1.82) is 0 Å². The highest BCUT2D eigenvalue weighted by atomic mass is 79.9. The van der Waals surface area contributed by atoms with Crippen LogP contribution >= 0.6 is 27.3 Å². The first-order chi connectivity index (χ1) is 8.93. The first-order valence-electron chi connectivity index (χ1n) is 5.28. The molecular formula is C11H12BrNO5S. The van der Waals surface area contributed by atoms with Gasteiger partial charge in [0, 0.05) is 11.8 Å². The van der Waals surface area contributed by atoms with Gasteiger partial charge in [-0.25, -0.2) is 4.79 Å². The van der Waals surface area contributed by atoms with Gasteiger partial charge in [-0.3, -0.25) is 9.59 Å². The number of carbonyl (C=O) groups excluding carboxylic acids is 2. The number of ether oxygens (including phenoxy) is 1. The quantitative estimate of drug-likeness (QED) is 0.761. The van der Waals surface area contributed by atoms with Gasteiger partial charge in [0.1, 0.15) is 6.04 Å². The second-order valence-corrected chi connectivity index (χ2v) is 5.91. The Bertz CT molecular complexity index is 487. The van der Waals surface area contributed by atoms with Gasteiger partial charge in [-0.15, -0.1) is 11.3 Å². The molecular weight excluding hydrogens is 338 g/mol. The first kappa shape index (κ1) is 15.6. The van der Waals surface area contributed by atoms with E-state index in [0.29, 0.717) is 5.56 Å². The van der Waals surface area contributed by atoms with Crippen molar-refractivity contribution in [3.63, 3.8) is 0 Å². The molecule has 6 nitrogen and oxygen atoms in total. The van der Waals surface area contributed by atoms with Crippen LogP contribution in [0.3, 0.4) is 0 Å². The van der Waals surface area contributed by atoms with Gasteiger partial charge in [-0.2, -0.15) is 0 Å². The minimum atomic E-state index is -1.19. The monoisotopic (exact) mass is 349 g/mol. The maximum absolute atomic E-state index is 11.8. The van der Waals surface area contributed by atoms with E-state index in [4.69, 9.17) is 5.11 Å². The van der Waals surface area contributed by atoms with Gasteiger partial charge in [-0.1, -0.05) is 0 Å². The molecule has 0 saturated carbocycles. The van der Waals surface area contributed by atoms with E-state index in [9.17, 15) is 14.4 Å². The van der Waals surface area contributed by atoms with Crippen molar-refractivity contribution in [2.45, 2.75) is 18.9 Å². The number of hydrogen-bond donors (Lipinski definition) is 2. The highest BCUT2D eigenvalue weighted by Crippen LogP contribution is 2.20. The summed E-state index contributed by atoms with van der Waals surface area (Å²) in [6, 6.07) is 0.476. The van der Waals surface area contributed by atoms with Crippen molar-refractivity contribution in [2.75, 3.05) is 7.11 Å². The predicted molar refractivity (Wildman–Crippen MR) is 72.2 cm³/mol. The molecule has 0 radical (unpaired) electrons. The Balaban J connectivity index is 2.61. The van der Waals surface area contributed by atoms with Crippen LogP contribution in [-0.2, 0) is 14.3 Å². The SMILES string of the molecule is COC(=O)CC[C@H](NC(=O)c1csc(Br)c1)C(=O)O. The highest BCUT2D eigenvalue weighted by molar-refractivity contribution is 9.11. The number of aliphatic carboxylic acids is 1. The average Bonchev–Trinajstić information content (AvgIpc) is 2.80. The number of hydrogen-bond acceptors (Lipinski definition) is 5. The van der Waals surface area contributed by atoms with Gasteiger partial charge in [-0.05, 0) is 28.4 Å². The predicted octanol–water partition coefficient (Wildman–Crippen LogP) is 1.65. The molecule has 0 aliphatic carbocycles. The van der Waals surface area contributed by atoms with E-state index in [0.717, 1.165) is 3.79 Å². The van der Waals surface area contributed by atoms with Gasteiger partial charge < -0.3 is 15.2 Å². The van der Waals surface area contributed by atoms with E-state index in [1.165, 1.54) is 18.4 Å². The van der Waals surface area contributed by atoms with Crippen LogP contribution in [0.4, 0.5) is 0 Å².